The minimum absolute atomic E-state index is 0.112. The van der Waals surface area contributed by atoms with E-state index in [9.17, 15) is 22.0 Å². The van der Waals surface area contributed by atoms with Crippen LogP contribution >= 0.6 is 0 Å². The Hall–Kier alpha value is -3.79. The van der Waals surface area contributed by atoms with Crippen molar-refractivity contribution in [3.05, 3.63) is 84.2 Å². The van der Waals surface area contributed by atoms with Crippen molar-refractivity contribution in [3.63, 3.8) is 0 Å². The molecule has 3 aromatic carbocycles. The van der Waals surface area contributed by atoms with Crippen molar-refractivity contribution in [2.24, 2.45) is 0 Å². The summed E-state index contributed by atoms with van der Waals surface area (Å²) in [5.74, 6) is -0.955. The summed E-state index contributed by atoms with van der Waals surface area (Å²) < 4.78 is 53.0. The van der Waals surface area contributed by atoms with E-state index in [0.29, 0.717) is 16.7 Å². The summed E-state index contributed by atoms with van der Waals surface area (Å²) in [5, 5.41) is 2.66. The largest absolute Gasteiger partial charge is 0.337 e. The van der Waals surface area contributed by atoms with Gasteiger partial charge < -0.3 is 10.3 Å². The second-order valence-electron chi connectivity index (χ2n) is 6.61. The zero-order chi connectivity index (χ0) is 22.0. The van der Waals surface area contributed by atoms with Crippen molar-refractivity contribution < 1.29 is 22.0 Å². The van der Waals surface area contributed by atoms with Gasteiger partial charge in [0.1, 0.15) is 0 Å². The van der Waals surface area contributed by atoms with Crippen LogP contribution in [0.3, 0.4) is 0 Å². The summed E-state index contributed by atoms with van der Waals surface area (Å²) in [7, 11) is -3.77. The molecule has 0 fully saturated rings. The number of nitrogens with one attached hydrogen (secondary N) is 3. The van der Waals surface area contributed by atoms with Crippen molar-refractivity contribution in [2.75, 3.05) is 10.0 Å². The number of fused-ring (bicyclic) bond motifs is 1. The number of hydrogen-bond donors (Lipinski definition) is 3. The SMILES string of the molecule is O=C(Nc1cccc(NS(=O)(=O)c2ccccc2)c1)c1ccc2nc(C(F)F)[nH]c2c1. The highest BCUT2D eigenvalue weighted by Gasteiger charge is 2.16. The van der Waals surface area contributed by atoms with Gasteiger partial charge in [-0.25, -0.2) is 22.2 Å². The van der Waals surface area contributed by atoms with E-state index in [-0.39, 0.29) is 16.1 Å². The number of benzene rings is 3. The Labute approximate surface area is 176 Å². The highest BCUT2D eigenvalue weighted by molar-refractivity contribution is 7.92. The Kier molecular flexibility index (Phi) is 5.38. The normalized spacial score (nSPS) is 11.6. The molecular formula is C21H16F2N4O3S. The van der Waals surface area contributed by atoms with Gasteiger partial charge in [0.25, 0.3) is 22.4 Å². The maximum Gasteiger partial charge on any atom is 0.295 e. The molecule has 4 rings (SSSR count). The molecule has 0 unspecified atom stereocenters. The van der Waals surface area contributed by atoms with Gasteiger partial charge in [0.05, 0.1) is 21.6 Å². The molecule has 10 heteroatoms. The molecule has 31 heavy (non-hydrogen) atoms. The molecule has 3 N–H and O–H groups in total. The third-order valence-electron chi connectivity index (χ3n) is 4.40. The molecule has 1 heterocycles. The third kappa shape index (κ3) is 4.53. The molecule has 0 spiro atoms. The van der Waals surface area contributed by atoms with E-state index in [0.717, 1.165) is 0 Å². The van der Waals surface area contributed by atoms with Crippen LogP contribution in [0.15, 0.2) is 77.7 Å². The number of halogens is 2. The third-order valence-corrected chi connectivity index (χ3v) is 5.79. The number of anilines is 2. The molecule has 0 saturated heterocycles. The Bertz CT molecular complexity index is 1360. The zero-order valence-electron chi connectivity index (χ0n) is 15.8. The molecule has 0 aliphatic carbocycles. The number of nitrogens with zero attached hydrogens (tertiary/aromatic N) is 1. The number of carbonyl (C=O) groups excluding carboxylic acids is 1. The minimum atomic E-state index is -3.77. The molecule has 0 bridgehead atoms. The van der Waals surface area contributed by atoms with E-state index in [1.807, 2.05) is 0 Å². The Balaban J connectivity index is 1.52. The number of aromatic nitrogens is 2. The van der Waals surface area contributed by atoms with Crippen LogP contribution in [0.25, 0.3) is 11.0 Å². The summed E-state index contributed by atoms with van der Waals surface area (Å²) in [6.45, 7) is 0. The first-order valence-electron chi connectivity index (χ1n) is 9.09. The van der Waals surface area contributed by atoms with E-state index in [2.05, 4.69) is 20.0 Å². The van der Waals surface area contributed by atoms with Gasteiger partial charge in [-0.3, -0.25) is 9.52 Å². The van der Waals surface area contributed by atoms with E-state index in [1.165, 1.54) is 36.4 Å². The van der Waals surface area contributed by atoms with Crippen LogP contribution in [0.2, 0.25) is 0 Å². The summed E-state index contributed by atoms with van der Waals surface area (Å²) in [6, 6.07) is 18.5. The lowest BCUT2D eigenvalue weighted by atomic mass is 10.2. The van der Waals surface area contributed by atoms with E-state index < -0.39 is 28.2 Å². The van der Waals surface area contributed by atoms with Crippen LogP contribution in [-0.2, 0) is 10.0 Å². The number of carbonyl (C=O) groups is 1. The highest BCUT2D eigenvalue weighted by Crippen LogP contribution is 2.22. The molecule has 1 aromatic heterocycles. The summed E-state index contributed by atoms with van der Waals surface area (Å²) in [4.78, 5) is 18.9. The Morgan fingerprint density at radius 2 is 1.68 bits per heavy atom. The molecule has 0 saturated carbocycles. The van der Waals surface area contributed by atoms with Gasteiger partial charge in [-0.05, 0) is 48.5 Å². The van der Waals surface area contributed by atoms with Gasteiger partial charge in [0, 0.05) is 11.3 Å². The smallest absolute Gasteiger partial charge is 0.295 e. The van der Waals surface area contributed by atoms with Crippen LogP contribution < -0.4 is 10.0 Å². The average Bonchev–Trinajstić information content (AvgIpc) is 3.18. The fraction of sp³-hybridized carbons (Fsp3) is 0.0476. The van der Waals surface area contributed by atoms with Crippen LogP contribution in [0.1, 0.15) is 22.6 Å². The van der Waals surface area contributed by atoms with Gasteiger partial charge in [0.2, 0.25) is 0 Å². The number of hydrogen-bond acceptors (Lipinski definition) is 4. The first kappa shape index (κ1) is 20.5. The van der Waals surface area contributed by atoms with E-state index in [4.69, 9.17) is 0 Å². The lowest BCUT2D eigenvalue weighted by Gasteiger charge is -2.10. The van der Waals surface area contributed by atoms with Crippen LogP contribution in [0.5, 0.6) is 0 Å². The van der Waals surface area contributed by atoms with Crippen molar-refractivity contribution in [3.8, 4) is 0 Å². The number of aromatic amines is 1. The molecule has 158 valence electrons. The van der Waals surface area contributed by atoms with Crippen LogP contribution in [0.4, 0.5) is 20.2 Å². The predicted octanol–water partition coefficient (Wildman–Crippen LogP) is 4.55. The molecule has 0 radical (unpaired) electrons. The summed E-state index contributed by atoms with van der Waals surface area (Å²) in [6.07, 6.45) is -2.74. The number of H-pyrrole nitrogens is 1. The first-order chi connectivity index (χ1) is 14.8. The lowest BCUT2D eigenvalue weighted by Crippen LogP contribution is -2.14. The maximum atomic E-state index is 12.8. The summed E-state index contributed by atoms with van der Waals surface area (Å²) >= 11 is 0. The van der Waals surface area contributed by atoms with Gasteiger partial charge >= 0.3 is 0 Å². The van der Waals surface area contributed by atoms with Gasteiger partial charge in [0.15, 0.2) is 5.82 Å². The fourth-order valence-electron chi connectivity index (χ4n) is 2.95. The van der Waals surface area contributed by atoms with E-state index in [1.54, 1.807) is 36.4 Å². The minimum Gasteiger partial charge on any atom is -0.337 e. The van der Waals surface area contributed by atoms with Crippen LogP contribution in [0, 0.1) is 0 Å². The lowest BCUT2D eigenvalue weighted by molar-refractivity contribution is 0.102. The quantitative estimate of drug-likeness (QED) is 0.407. The maximum absolute atomic E-state index is 12.8. The first-order valence-corrected chi connectivity index (χ1v) is 10.6. The fourth-order valence-corrected chi connectivity index (χ4v) is 4.02. The molecule has 0 aliphatic heterocycles. The Morgan fingerprint density at radius 3 is 2.42 bits per heavy atom. The predicted molar refractivity (Wildman–Crippen MR) is 113 cm³/mol. The molecule has 7 nitrogen and oxygen atoms in total. The second-order valence-corrected chi connectivity index (χ2v) is 8.29. The highest BCUT2D eigenvalue weighted by atomic mass is 32.2. The molecule has 1 amide bonds. The molecule has 4 aromatic rings. The number of sulfonamides is 1. The standard InChI is InChI=1S/C21H16F2N4O3S/c22-19(23)20-25-17-10-9-13(11-18(17)26-20)21(28)24-14-5-4-6-15(12-14)27-31(29,30)16-7-2-1-3-8-16/h1-12,19,27H,(H,24,28)(H,25,26). The molecule has 0 aliphatic rings. The average molecular weight is 442 g/mol. The van der Waals surface area contributed by atoms with Crippen LogP contribution in [-0.4, -0.2) is 24.3 Å². The number of amides is 1. The number of imidazole rings is 1. The number of rotatable bonds is 6. The van der Waals surface area contributed by atoms with Crippen molar-refractivity contribution in [2.45, 2.75) is 11.3 Å². The zero-order valence-corrected chi connectivity index (χ0v) is 16.7. The number of alkyl halides is 2. The van der Waals surface area contributed by atoms with E-state index >= 15 is 0 Å². The monoisotopic (exact) mass is 442 g/mol. The summed E-state index contributed by atoms with van der Waals surface area (Å²) in [5.41, 5.74) is 1.49. The van der Waals surface area contributed by atoms with Gasteiger partial charge in [-0.1, -0.05) is 24.3 Å². The van der Waals surface area contributed by atoms with Gasteiger partial charge in [-0.2, -0.15) is 0 Å². The molecule has 0 atom stereocenters. The molecular weight excluding hydrogens is 426 g/mol. The van der Waals surface area contributed by atoms with Crippen molar-refractivity contribution in [1.82, 2.24) is 9.97 Å². The van der Waals surface area contributed by atoms with Crippen molar-refractivity contribution in [1.29, 1.82) is 0 Å². The van der Waals surface area contributed by atoms with Gasteiger partial charge in [-0.15, -0.1) is 0 Å². The topological polar surface area (TPSA) is 104 Å². The Morgan fingerprint density at radius 1 is 0.935 bits per heavy atom. The van der Waals surface area contributed by atoms with Crippen molar-refractivity contribution >= 4 is 38.3 Å². The second kappa shape index (κ2) is 8.15.